The Morgan fingerprint density at radius 1 is 1.58 bits per heavy atom. The first kappa shape index (κ1) is 13.8. The van der Waals surface area contributed by atoms with Gasteiger partial charge in [-0.1, -0.05) is 0 Å². The molecule has 1 aromatic rings. The summed E-state index contributed by atoms with van der Waals surface area (Å²) in [5.41, 5.74) is -0.0674. The van der Waals surface area contributed by atoms with E-state index in [1.54, 1.807) is 0 Å². The first-order valence-corrected chi connectivity index (χ1v) is 6.40. The fourth-order valence-electron chi connectivity index (χ4n) is 2.37. The van der Waals surface area contributed by atoms with Crippen molar-refractivity contribution in [1.82, 2.24) is 4.90 Å². The highest BCUT2D eigenvalue weighted by molar-refractivity contribution is 5.87. The Balaban J connectivity index is 1.94. The number of halogens is 1. The lowest BCUT2D eigenvalue weighted by molar-refractivity contribution is 0.0696. The highest BCUT2D eigenvalue weighted by Crippen LogP contribution is 2.21. The van der Waals surface area contributed by atoms with Gasteiger partial charge in [0.2, 0.25) is 0 Å². The summed E-state index contributed by atoms with van der Waals surface area (Å²) in [6.45, 7) is 2.51. The Morgan fingerprint density at radius 2 is 2.37 bits per heavy atom. The monoisotopic (exact) mass is 267 g/mol. The van der Waals surface area contributed by atoms with Crippen LogP contribution in [0.25, 0.3) is 0 Å². The highest BCUT2D eigenvalue weighted by Gasteiger charge is 2.18. The Bertz CT molecular complexity index is 464. The van der Waals surface area contributed by atoms with Gasteiger partial charge in [-0.2, -0.15) is 0 Å². The molecule has 0 amide bonds. The zero-order valence-electron chi connectivity index (χ0n) is 10.9. The van der Waals surface area contributed by atoms with Crippen LogP contribution in [-0.2, 0) is 0 Å². The lowest BCUT2D eigenvalue weighted by atomic mass is 9.99. The molecule has 1 aromatic carbocycles. The molecule has 1 saturated heterocycles. The van der Waals surface area contributed by atoms with Gasteiger partial charge in [0.15, 0.2) is 11.6 Å². The second-order valence-corrected chi connectivity index (χ2v) is 5.03. The van der Waals surface area contributed by atoms with Gasteiger partial charge in [-0.15, -0.1) is 0 Å². The third-order valence-electron chi connectivity index (χ3n) is 3.38. The molecule has 104 valence electrons. The SMILES string of the molecule is CN1CCCC(COc2ccc(C(=O)O)cc2F)C1. The quantitative estimate of drug-likeness (QED) is 0.909. The molecule has 0 bridgehead atoms. The molecule has 4 nitrogen and oxygen atoms in total. The van der Waals surface area contributed by atoms with Gasteiger partial charge in [0.25, 0.3) is 0 Å². The van der Waals surface area contributed by atoms with Gasteiger partial charge in [-0.05, 0) is 44.6 Å². The van der Waals surface area contributed by atoms with Gasteiger partial charge in [0, 0.05) is 12.5 Å². The van der Waals surface area contributed by atoms with E-state index >= 15 is 0 Å². The number of benzene rings is 1. The molecular weight excluding hydrogens is 249 g/mol. The summed E-state index contributed by atoms with van der Waals surface area (Å²) in [6, 6.07) is 3.73. The summed E-state index contributed by atoms with van der Waals surface area (Å²) < 4.78 is 19.1. The number of ether oxygens (including phenoxy) is 1. The van der Waals surface area contributed by atoms with Crippen molar-refractivity contribution >= 4 is 5.97 Å². The van der Waals surface area contributed by atoms with E-state index in [0.29, 0.717) is 12.5 Å². The topological polar surface area (TPSA) is 49.8 Å². The smallest absolute Gasteiger partial charge is 0.335 e. The van der Waals surface area contributed by atoms with Gasteiger partial charge >= 0.3 is 5.97 Å². The highest BCUT2D eigenvalue weighted by atomic mass is 19.1. The van der Waals surface area contributed by atoms with Crippen LogP contribution in [0.3, 0.4) is 0 Å². The Kier molecular flexibility index (Phi) is 4.37. The molecule has 19 heavy (non-hydrogen) atoms. The fraction of sp³-hybridized carbons (Fsp3) is 0.500. The van der Waals surface area contributed by atoms with Crippen LogP contribution in [0.2, 0.25) is 0 Å². The third kappa shape index (κ3) is 3.67. The molecule has 0 aliphatic carbocycles. The van der Waals surface area contributed by atoms with Crippen LogP contribution >= 0.6 is 0 Å². The fourth-order valence-corrected chi connectivity index (χ4v) is 2.37. The first-order valence-electron chi connectivity index (χ1n) is 6.40. The largest absolute Gasteiger partial charge is 0.490 e. The van der Waals surface area contributed by atoms with E-state index in [9.17, 15) is 9.18 Å². The van der Waals surface area contributed by atoms with Crippen molar-refractivity contribution in [1.29, 1.82) is 0 Å². The van der Waals surface area contributed by atoms with Gasteiger partial charge in [0.1, 0.15) is 0 Å². The summed E-state index contributed by atoms with van der Waals surface area (Å²) in [5, 5.41) is 8.75. The number of hydrogen-bond acceptors (Lipinski definition) is 3. The van der Waals surface area contributed by atoms with E-state index in [-0.39, 0.29) is 11.3 Å². The van der Waals surface area contributed by atoms with Crippen LogP contribution in [0, 0.1) is 11.7 Å². The van der Waals surface area contributed by atoms with E-state index in [0.717, 1.165) is 32.0 Å². The number of hydrogen-bond donors (Lipinski definition) is 1. The maximum atomic E-state index is 13.6. The third-order valence-corrected chi connectivity index (χ3v) is 3.38. The van der Waals surface area contributed by atoms with Crippen molar-refractivity contribution in [3.05, 3.63) is 29.6 Å². The summed E-state index contributed by atoms with van der Waals surface area (Å²) in [6.07, 6.45) is 2.21. The zero-order valence-corrected chi connectivity index (χ0v) is 10.9. The van der Waals surface area contributed by atoms with Crippen molar-refractivity contribution in [2.45, 2.75) is 12.8 Å². The van der Waals surface area contributed by atoms with Crippen molar-refractivity contribution in [3.63, 3.8) is 0 Å². The van der Waals surface area contributed by atoms with Crippen LogP contribution in [0.15, 0.2) is 18.2 Å². The molecule has 1 unspecified atom stereocenters. The van der Waals surface area contributed by atoms with E-state index in [1.165, 1.54) is 12.1 Å². The van der Waals surface area contributed by atoms with Crippen LogP contribution in [0.1, 0.15) is 23.2 Å². The molecule has 1 fully saturated rings. The number of aromatic carboxylic acids is 1. The van der Waals surface area contributed by atoms with Gasteiger partial charge in [0.05, 0.1) is 12.2 Å². The van der Waals surface area contributed by atoms with E-state index in [4.69, 9.17) is 9.84 Å². The number of carboxylic acids is 1. The second kappa shape index (κ2) is 6.02. The molecule has 1 N–H and O–H groups in total. The molecule has 1 atom stereocenters. The number of rotatable bonds is 4. The minimum Gasteiger partial charge on any atom is -0.490 e. The lowest BCUT2D eigenvalue weighted by Crippen LogP contribution is -2.34. The maximum Gasteiger partial charge on any atom is 0.335 e. The van der Waals surface area contributed by atoms with E-state index < -0.39 is 11.8 Å². The molecule has 2 rings (SSSR count). The average molecular weight is 267 g/mol. The standard InChI is InChI=1S/C14H18FNO3/c1-16-6-2-3-10(8-16)9-19-13-5-4-11(14(17)18)7-12(13)15/h4-5,7,10H,2-3,6,8-9H2,1H3,(H,17,18). The molecule has 0 radical (unpaired) electrons. The van der Waals surface area contributed by atoms with Gasteiger partial charge in [-0.25, -0.2) is 9.18 Å². The summed E-state index contributed by atoms with van der Waals surface area (Å²) in [5.74, 6) is -1.24. The van der Waals surface area contributed by atoms with Gasteiger partial charge in [-0.3, -0.25) is 0 Å². The normalized spacial score (nSPS) is 20.2. The Hall–Kier alpha value is -1.62. The molecular formula is C14H18FNO3. The lowest BCUT2D eigenvalue weighted by Gasteiger charge is -2.29. The number of nitrogens with zero attached hydrogens (tertiary/aromatic N) is 1. The molecule has 0 spiro atoms. The molecule has 1 heterocycles. The predicted molar refractivity (Wildman–Crippen MR) is 69.1 cm³/mol. The number of piperidine rings is 1. The minimum atomic E-state index is -1.14. The van der Waals surface area contributed by atoms with Crippen molar-refractivity contribution in [2.75, 3.05) is 26.7 Å². The average Bonchev–Trinajstić information content (AvgIpc) is 2.37. The van der Waals surface area contributed by atoms with Gasteiger partial charge < -0.3 is 14.7 Å². The number of carboxylic acid groups (broad SMARTS) is 1. The van der Waals surface area contributed by atoms with E-state index in [1.807, 2.05) is 0 Å². The first-order chi connectivity index (χ1) is 9.06. The maximum absolute atomic E-state index is 13.6. The zero-order chi connectivity index (χ0) is 13.8. The molecule has 0 saturated carbocycles. The predicted octanol–water partition coefficient (Wildman–Crippen LogP) is 2.24. The van der Waals surface area contributed by atoms with Crippen LogP contribution in [-0.4, -0.2) is 42.7 Å². The minimum absolute atomic E-state index is 0.0674. The summed E-state index contributed by atoms with van der Waals surface area (Å²) >= 11 is 0. The molecule has 5 heteroatoms. The summed E-state index contributed by atoms with van der Waals surface area (Å²) in [4.78, 5) is 12.9. The molecule has 1 aliphatic heterocycles. The van der Waals surface area contributed by atoms with Crippen molar-refractivity contribution < 1.29 is 19.0 Å². The van der Waals surface area contributed by atoms with Crippen LogP contribution in [0.5, 0.6) is 5.75 Å². The molecule has 1 aliphatic rings. The summed E-state index contributed by atoms with van der Waals surface area (Å²) in [7, 11) is 2.06. The number of likely N-dealkylation sites (tertiary alicyclic amines) is 1. The number of carbonyl (C=O) groups is 1. The molecule has 0 aromatic heterocycles. The van der Waals surface area contributed by atoms with Crippen molar-refractivity contribution in [3.8, 4) is 5.75 Å². The Morgan fingerprint density at radius 3 is 3.00 bits per heavy atom. The van der Waals surface area contributed by atoms with Crippen LogP contribution in [0.4, 0.5) is 4.39 Å². The van der Waals surface area contributed by atoms with Crippen molar-refractivity contribution in [2.24, 2.45) is 5.92 Å². The Labute approximate surface area is 111 Å². The van der Waals surface area contributed by atoms with E-state index in [2.05, 4.69) is 11.9 Å². The van der Waals surface area contributed by atoms with Crippen LogP contribution < -0.4 is 4.74 Å². The second-order valence-electron chi connectivity index (χ2n) is 5.03.